The summed E-state index contributed by atoms with van der Waals surface area (Å²) in [4.78, 5) is 17.2. The van der Waals surface area contributed by atoms with E-state index in [2.05, 4.69) is 4.90 Å². The van der Waals surface area contributed by atoms with E-state index < -0.39 is 11.5 Å². The van der Waals surface area contributed by atoms with E-state index in [0.717, 1.165) is 24.2 Å². The zero-order valence-electron chi connectivity index (χ0n) is 15.6. The highest BCUT2D eigenvalue weighted by molar-refractivity contribution is 5.87. The highest BCUT2D eigenvalue weighted by atomic mass is 16.3. The summed E-state index contributed by atoms with van der Waals surface area (Å²) in [6.07, 6.45) is -0.487. The van der Waals surface area contributed by atoms with Gasteiger partial charge in [-0.05, 0) is 25.0 Å². The molecular weight excluding hydrogens is 324 g/mol. The van der Waals surface area contributed by atoms with Crippen molar-refractivity contribution >= 4 is 5.91 Å². The minimum Gasteiger partial charge on any atom is -0.387 e. The first kappa shape index (κ1) is 18.6. The predicted molar refractivity (Wildman–Crippen MR) is 104 cm³/mol. The van der Waals surface area contributed by atoms with E-state index in [0.29, 0.717) is 19.6 Å². The van der Waals surface area contributed by atoms with Crippen LogP contribution in [0.15, 0.2) is 60.7 Å². The lowest BCUT2D eigenvalue weighted by Crippen LogP contribution is -2.53. The molecule has 1 aliphatic heterocycles. The van der Waals surface area contributed by atoms with Crippen LogP contribution in [0.2, 0.25) is 0 Å². The summed E-state index contributed by atoms with van der Waals surface area (Å²) in [7, 11) is 0. The first-order valence-electron chi connectivity index (χ1n) is 9.29. The van der Waals surface area contributed by atoms with Crippen molar-refractivity contribution in [3.63, 3.8) is 0 Å². The highest BCUT2D eigenvalue weighted by Gasteiger charge is 2.35. The van der Waals surface area contributed by atoms with Gasteiger partial charge >= 0.3 is 0 Å². The molecule has 26 heavy (non-hydrogen) atoms. The van der Waals surface area contributed by atoms with Crippen LogP contribution < -0.4 is 0 Å². The standard InChI is InChI=1S/C22H28N2O2/c1-22(2,19-11-7-4-8-12-19)21(26)24-15-13-23(14-16-24)17-20(25)18-9-5-3-6-10-18/h3-12,20,25H,13-17H2,1-2H3. The Morgan fingerprint density at radius 1 is 0.962 bits per heavy atom. The predicted octanol–water partition coefficient (Wildman–Crippen LogP) is 2.84. The summed E-state index contributed by atoms with van der Waals surface area (Å²) in [5.74, 6) is 0.173. The normalized spacial score (nSPS) is 17.1. The van der Waals surface area contributed by atoms with Crippen molar-refractivity contribution in [2.24, 2.45) is 0 Å². The number of aliphatic hydroxyl groups is 1. The van der Waals surface area contributed by atoms with Crippen LogP contribution >= 0.6 is 0 Å². The number of hydrogen-bond acceptors (Lipinski definition) is 3. The molecule has 1 fully saturated rings. The first-order chi connectivity index (χ1) is 12.5. The second-order valence-corrected chi connectivity index (χ2v) is 7.51. The molecule has 0 bridgehead atoms. The van der Waals surface area contributed by atoms with E-state index in [4.69, 9.17) is 0 Å². The molecule has 0 saturated carbocycles. The SMILES string of the molecule is CC(C)(C(=O)N1CCN(CC(O)c2ccccc2)CC1)c1ccccc1. The molecule has 1 heterocycles. The van der Waals surface area contributed by atoms with E-state index in [1.807, 2.05) is 79.4 Å². The number of hydrogen-bond donors (Lipinski definition) is 1. The second-order valence-electron chi connectivity index (χ2n) is 7.51. The molecule has 4 nitrogen and oxygen atoms in total. The van der Waals surface area contributed by atoms with Gasteiger partial charge in [-0.15, -0.1) is 0 Å². The molecule has 0 aliphatic carbocycles. The molecule has 138 valence electrons. The number of piperazine rings is 1. The fourth-order valence-corrected chi connectivity index (χ4v) is 3.53. The average Bonchev–Trinajstić information content (AvgIpc) is 2.69. The molecule has 2 aromatic rings. The van der Waals surface area contributed by atoms with Crippen LogP contribution in [0.25, 0.3) is 0 Å². The largest absolute Gasteiger partial charge is 0.387 e. The summed E-state index contributed by atoms with van der Waals surface area (Å²) < 4.78 is 0. The van der Waals surface area contributed by atoms with Gasteiger partial charge in [0, 0.05) is 32.7 Å². The maximum absolute atomic E-state index is 13.0. The van der Waals surface area contributed by atoms with Crippen molar-refractivity contribution in [2.75, 3.05) is 32.7 Å². The summed E-state index contributed by atoms with van der Waals surface area (Å²) in [6.45, 7) is 7.59. The number of amides is 1. The summed E-state index contributed by atoms with van der Waals surface area (Å²) in [6, 6.07) is 19.7. The third-order valence-corrected chi connectivity index (χ3v) is 5.31. The second kappa shape index (κ2) is 8.02. The fourth-order valence-electron chi connectivity index (χ4n) is 3.53. The molecule has 1 unspecified atom stereocenters. The van der Waals surface area contributed by atoms with E-state index >= 15 is 0 Å². The minimum absolute atomic E-state index is 0.173. The van der Waals surface area contributed by atoms with Crippen LogP contribution in [0, 0.1) is 0 Å². The molecule has 2 aromatic carbocycles. The van der Waals surface area contributed by atoms with Crippen molar-refractivity contribution in [3.8, 4) is 0 Å². The van der Waals surface area contributed by atoms with Gasteiger partial charge in [-0.1, -0.05) is 60.7 Å². The highest BCUT2D eigenvalue weighted by Crippen LogP contribution is 2.26. The molecule has 1 saturated heterocycles. The van der Waals surface area contributed by atoms with Crippen LogP contribution in [0.4, 0.5) is 0 Å². The zero-order valence-corrected chi connectivity index (χ0v) is 15.6. The van der Waals surface area contributed by atoms with Gasteiger partial charge in [-0.2, -0.15) is 0 Å². The quantitative estimate of drug-likeness (QED) is 0.900. The third kappa shape index (κ3) is 4.14. The van der Waals surface area contributed by atoms with Crippen LogP contribution in [0.3, 0.4) is 0 Å². The molecule has 1 N–H and O–H groups in total. The molecule has 1 atom stereocenters. The first-order valence-corrected chi connectivity index (χ1v) is 9.29. The molecule has 3 rings (SSSR count). The Morgan fingerprint density at radius 2 is 1.50 bits per heavy atom. The molecule has 1 aliphatic rings. The van der Waals surface area contributed by atoms with Crippen LogP contribution in [-0.2, 0) is 10.2 Å². The molecule has 4 heteroatoms. The number of aliphatic hydroxyl groups excluding tert-OH is 1. The van der Waals surface area contributed by atoms with Crippen LogP contribution in [0.5, 0.6) is 0 Å². The van der Waals surface area contributed by atoms with Crippen molar-refractivity contribution in [2.45, 2.75) is 25.4 Å². The van der Waals surface area contributed by atoms with E-state index in [1.54, 1.807) is 0 Å². The maximum Gasteiger partial charge on any atom is 0.232 e. The number of rotatable bonds is 5. The van der Waals surface area contributed by atoms with Gasteiger partial charge in [0.1, 0.15) is 0 Å². The Hall–Kier alpha value is -2.17. The Labute approximate surface area is 156 Å². The van der Waals surface area contributed by atoms with E-state index in [9.17, 15) is 9.90 Å². The number of carbonyl (C=O) groups is 1. The number of benzene rings is 2. The summed E-state index contributed by atoms with van der Waals surface area (Å²) in [5.41, 5.74) is 1.47. The number of β-amino-alcohol motifs (C(OH)–C–C–N with tert-alkyl or cyclic N) is 1. The lowest BCUT2D eigenvalue weighted by atomic mass is 9.83. The lowest BCUT2D eigenvalue weighted by Gasteiger charge is -2.39. The van der Waals surface area contributed by atoms with Crippen molar-refractivity contribution in [1.29, 1.82) is 0 Å². The third-order valence-electron chi connectivity index (χ3n) is 5.31. The van der Waals surface area contributed by atoms with Gasteiger partial charge in [0.15, 0.2) is 0 Å². The minimum atomic E-state index is -0.521. The Balaban J connectivity index is 1.56. The van der Waals surface area contributed by atoms with Crippen molar-refractivity contribution in [3.05, 3.63) is 71.8 Å². The molecule has 1 amide bonds. The van der Waals surface area contributed by atoms with E-state index in [-0.39, 0.29) is 5.91 Å². The lowest BCUT2D eigenvalue weighted by molar-refractivity contribution is -0.138. The number of carbonyl (C=O) groups excluding carboxylic acids is 1. The van der Waals surface area contributed by atoms with Crippen molar-refractivity contribution < 1.29 is 9.90 Å². The topological polar surface area (TPSA) is 43.8 Å². The van der Waals surface area contributed by atoms with Gasteiger partial charge in [0.2, 0.25) is 5.91 Å². The van der Waals surface area contributed by atoms with Gasteiger partial charge < -0.3 is 10.0 Å². The molecule has 0 aromatic heterocycles. The fraction of sp³-hybridized carbons (Fsp3) is 0.409. The van der Waals surface area contributed by atoms with Gasteiger partial charge in [0.05, 0.1) is 11.5 Å². The number of nitrogens with zero attached hydrogens (tertiary/aromatic N) is 2. The molecule has 0 spiro atoms. The Kier molecular flexibility index (Phi) is 5.74. The Bertz CT molecular complexity index is 707. The Morgan fingerprint density at radius 3 is 2.08 bits per heavy atom. The van der Waals surface area contributed by atoms with Gasteiger partial charge in [0.25, 0.3) is 0 Å². The van der Waals surface area contributed by atoms with Crippen LogP contribution in [0.1, 0.15) is 31.1 Å². The summed E-state index contributed by atoms with van der Waals surface area (Å²) >= 11 is 0. The monoisotopic (exact) mass is 352 g/mol. The van der Waals surface area contributed by atoms with Gasteiger partial charge in [-0.25, -0.2) is 0 Å². The smallest absolute Gasteiger partial charge is 0.232 e. The van der Waals surface area contributed by atoms with Crippen LogP contribution in [-0.4, -0.2) is 53.5 Å². The van der Waals surface area contributed by atoms with Crippen molar-refractivity contribution in [1.82, 2.24) is 9.80 Å². The molecular formula is C22H28N2O2. The van der Waals surface area contributed by atoms with E-state index in [1.165, 1.54) is 0 Å². The zero-order chi connectivity index (χ0) is 18.6. The molecule has 0 radical (unpaired) electrons. The maximum atomic E-state index is 13.0. The van der Waals surface area contributed by atoms with Gasteiger partial charge in [-0.3, -0.25) is 9.69 Å². The summed E-state index contributed by atoms with van der Waals surface area (Å²) in [5, 5.41) is 10.4. The average molecular weight is 352 g/mol.